The highest BCUT2D eigenvalue weighted by Crippen LogP contribution is 2.39. The van der Waals surface area contributed by atoms with Crippen LogP contribution in [0.2, 0.25) is 0 Å². The van der Waals surface area contributed by atoms with E-state index in [1.54, 1.807) is 10.9 Å². The minimum absolute atomic E-state index is 0.0513. The largest absolute Gasteiger partial charge is 0.481 e. The van der Waals surface area contributed by atoms with Gasteiger partial charge in [0.2, 0.25) is 17.7 Å². The van der Waals surface area contributed by atoms with Gasteiger partial charge < -0.3 is 20.2 Å². The molecule has 3 rings (SSSR count). The molecule has 0 radical (unpaired) electrons. The lowest BCUT2D eigenvalue weighted by Gasteiger charge is -2.46. The number of unbranched alkanes of at least 4 members (excludes halogenated alkanes) is 2. The summed E-state index contributed by atoms with van der Waals surface area (Å²) in [6, 6.07) is 0.357. The van der Waals surface area contributed by atoms with Crippen LogP contribution in [0.5, 0.6) is 0 Å². The van der Waals surface area contributed by atoms with Crippen LogP contribution in [0.25, 0.3) is 0 Å². The first-order valence-corrected chi connectivity index (χ1v) is 18.5. The standard InChI is InChI=1S/C36H48FN7O12/c1-3-36(4-2)33(52)42(35(54)43(34(36)53)28(32(50)51)17-18-30(46)47)27(31(48)49)11-5-7-20-40(22-24-13-15-26(16-14-24)44(55)56)29(45)12-6-8-21-41-23-25(38-39-41)10-9-19-37/h13-16,23,27-28H,3-12,17-22H2,1-2H3,(H,46,47)(H,48,49)(H,50,51). The molecule has 20 heteroatoms. The molecule has 0 saturated carbocycles. The van der Waals surface area contributed by atoms with Gasteiger partial charge in [0.25, 0.3) is 5.69 Å². The van der Waals surface area contributed by atoms with E-state index < -0.39 is 77.7 Å². The highest BCUT2D eigenvalue weighted by molar-refractivity contribution is 6.21. The smallest absolute Gasteiger partial charge is 0.335 e. The van der Waals surface area contributed by atoms with E-state index in [0.717, 1.165) is 0 Å². The van der Waals surface area contributed by atoms with Gasteiger partial charge in [0.15, 0.2) is 0 Å². The molecule has 2 atom stereocenters. The van der Waals surface area contributed by atoms with Gasteiger partial charge in [-0.2, -0.15) is 0 Å². The Labute approximate surface area is 321 Å². The summed E-state index contributed by atoms with van der Waals surface area (Å²) in [6.07, 6.45) is 1.79. The van der Waals surface area contributed by atoms with E-state index >= 15 is 0 Å². The number of aryl methyl sites for hydroxylation is 2. The zero-order valence-electron chi connectivity index (χ0n) is 31.4. The van der Waals surface area contributed by atoms with Crippen molar-refractivity contribution in [1.29, 1.82) is 0 Å². The van der Waals surface area contributed by atoms with Crippen LogP contribution in [0.1, 0.15) is 95.7 Å². The van der Waals surface area contributed by atoms with Gasteiger partial charge in [-0.3, -0.25) is 38.4 Å². The number of nitro benzene ring substituents is 1. The summed E-state index contributed by atoms with van der Waals surface area (Å²) in [6.45, 7) is 3.10. The average Bonchev–Trinajstić information content (AvgIpc) is 3.62. The Kier molecular flexibility index (Phi) is 16.5. The third-order valence-electron chi connectivity index (χ3n) is 9.91. The zero-order chi connectivity index (χ0) is 41.6. The summed E-state index contributed by atoms with van der Waals surface area (Å²) >= 11 is 0. The lowest BCUT2D eigenvalue weighted by Crippen LogP contribution is -2.70. The van der Waals surface area contributed by atoms with Gasteiger partial charge in [0.1, 0.15) is 17.5 Å². The Morgan fingerprint density at radius 2 is 1.48 bits per heavy atom. The Balaban J connectivity index is 1.77. The topological polar surface area (TPSA) is 264 Å². The van der Waals surface area contributed by atoms with Crippen molar-refractivity contribution in [3.8, 4) is 0 Å². The lowest BCUT2D eigenvalue weighted by atomic mass is 9.77. The van der Waals surface area contributed by atoms with E-state index in [1.807, 2.05) is 0 Å². The van der Waals surface area contributed by atoms with Crippen molar-refractivity contribution < 1.29 is 58.2 Å². The first kappa shape index (κ1) is 44.6. The quantitative estimate of drug-likeness (QED) is 0.0559. The lowest BCUT2D eigenvalue weighted by molar-refractivity contribution is -0.384. The molecule has 306 valence electrons. The molecular formula is C36H48FN7O12. The number of carboxylic acid groups (broad SMARTS) is 3. The van der Waals surface area contributed by atoms with Crippen LogP contribution >= 0.6 is 0 Å². The molecule has 1 aliphatic rings. The van der Waals surface area contributed by atoms with Crippen LogP contribution in [-0.2, 0) is 48.3 Å². The van der Waals surface area contributed by atoms with Gasteiger partial charge in [0, 0.05) is 50.8 Å². The summed E-state index contributed by atoms with van der Waals surface area (Å²) < 4.78 is 14.1. The van der Waals surface area contributed by atoms with Crippen LogP contribution < -0.4 is 0 Å². The number of aliphatic carboxylic acids is 3. The molecule has 0 aliphatic carbocycles. The number of carbonyl (C=O) groups excluding carboxylic acids is 4. The second-order valence-electron chi connectivity index (χ2n) is 13.5. The summed E-state index contributed by atoms with van der Waals surface area (Å²) in [4.78, 5) is 104. The average molecular weight is 790 g/mol. The number of barbiturate groups is 1. The number of benzene rings is 1. The maximum atomic E-state index is 13.9. The second-order valence-corrected chi connectivity index (χ2v) is 13.5. The maximum Gasteiger partial charge on any atom is 0.335 e. The number of aromatic nitrogens is 3. The second kappa shape index (κ2) is 20.7. The van der Waals surface area contributed by atoms with Gasteiger partial charge in [-0.25, -0.2) is 24.2 Å². The van der Waals surface area contributed by atoms with E-state index in [1.165, 1.54) is 43.0 Å². The molecule has 5 amide bonds. The van der Waals surface area contributed by atoms with Crippen molar-refractivity contribution in [2.75, 3.05) is 13.2 Å². The van der Waals surface area contributed by atoms with Gasteiger partial charge >= 0.3 is 23.9 Å². The number of urea groups is 1. The molecule has 1 saturated heterocycles. The van der Waals surface area contributed by atoms with Crippen LogP contribution in [0.3, 0.4) is 0 Å². The van der Waals surface area contributed by atoms with Crippen LogP contribution in [0, 0.1) is 15.5 Å². The molecule has 3 N–H and O–H groups in total. The van der Waals surface area contributed by atoms with Crippen LogP contribution in [-0.4, -0.2) is 117 Å². The first-order chi connectivity index (χ1) is 26.6. The number of nitrogens with zero attached hydrogens (tertiary/aromatic N) is 7. The third-order valence-corrected chi connectivity index (χ3v) is 9.91. The molecule has 19 nitrogen and oxygen atoms in total. The highest BCUT2D eigenvalue weighted by Gasteiger charge is 2.59. The van der Waals surface area contributed by atoms with E-state index in [4.69, 9.17) is 5.11 Å². The number of rotatable bonds is 25. The minimum Gasteiger partial charge on any atom is -0.481 e. The molecule has 0 spiro atoms. The van der Waals surface area contributed by atoms with Crippen LogP contribution in [0.15, 0.2) is 30.5 Å². The number of hydrogen-bond donors (Lipinski definition) is 3. The van der Waals surface area contributed by atoms with Gasteiger partial charge in [-0.15, -0.1) is 5.10 Å². The Morgan fingerprint density at radius 1 is 0.875 bits per heavy atom. The van der Waals surface area contributed by atoms with Crippen molar-refractivity contribution in [2.45, 2.75) is 116 Å². The highest BCUT2D eigenvalue weighted by atomic mass is 19.1. The maximum absolute atomic E-state index is 13.9. The van der Waals surface area contributed by atoms with Crippen molar-refractivity contribution >= 4 is 47.3 Å². The molecule has 1 aromatic heterocycles. The Morgan fingerprint density at radius 3 is 2.02 bits per heavy atom. The van der Waals surface area contributed by atoms with Crippen molar-refractivity contribution in [2.24, 2.45) is 5.41 Å². The van der Waals surface area contributed by atoms with Crippen molar-refractivity contribution in [3.63, 3.8) is 0 Å². The van der Waals surface area contributed by atoms with Gasteiger partial charge in [-0.05, 0) is 69.8 Å². The van der Waals surface area contributed by atoms with E-state index in [0.29, 0.717) is 53.3 Å². The first-order valence-electron chi connectivity index (χ1n) is 18.5. The predicted molar refractivity (Wildman–Crippen MR) is 192 cm³/mol. The molecule has 1 aliphatic heterocycles. The number of amides is 5. The Hall–Kier alpha value is -5.82. The van der Waals surface area contributed by atoms with E-state index in [2.05, 4.69) is 10.3 Å². The molecule has 1 fully saturated rings. The number of non-ortho nitro benzene ring substituents is 1. The molecule has 56 heavy (non-hydrogen) atoms. The van der Waals surface area contributed by atoms with E-state index in [-0.39, 0.29) is 63.2 Å². The monoisotopic (exact) mass is 789 g/mol. The number of halogens is 1. The number of imide groups is 2. The molecule has 2 unspecified atom stereocenters. The fourth-order valence-electron chi connectivity index (χ4n) is 6.63. The molecule has 0 bridgehead atoms. The summed E-state index contributed by atoms with van der Waals surface area (Å²) in [7, 11) is 0. The molecule has 2 heterocycles. The van der Waals surface area contributed by atoms with E-state index in [9.17, 15) is 58.3 Å². The Bertz CT molecular complexity index is 1750. The number of alkyl halides is 1. The predicted octanol–water partition coefficient (Wildman–Crippen LogP) is 3.83. The summed E-state index contributed by atoms with van der Waals surface area (Å²) in [5, 5.41) is 48.5. The summed E-state index contributed by atoms with van der Waals surface area (Å²) in [5.41, 5.74) is -0.858. The molecular weight excluding hydrogens is 741 g/mol. The fraction of sp³-hybridized carbons (Fsp3) is 0.583. The number of hydrogen-bond acceptors (Lipinski definition) is 11. The minimum atomic E-state index is -1.98. The van der Waals surface area contributed by atoms with Crippen molar-refractivity contribution in [1.82, 2.24) is 29.7 Å². The molecule has 1 aromatic carbocycles. The number of carboxylic acids is 3. The zero-order valence-corrected chi connectivity index (χ0v) is 31.4. The van der Waals surface area contributed by atoms with Crippen molar-refractivity contribution in [3.05, 3.63) is 51.8 Å². The van der Waals surface area contributed by atoms with Gasteiger partial charge in [0.05, 0.1) is 17.3 Å². The number of nitro groups is 1. The fourth-order valence-corrected chi connectivity index (χ4v) is 6.63. The number of carbonyl (C=O) groups is 7. The third kappa shape index (κ3) is 11.1. The molecule has 2 aromatic rings. The summed E-state index contributed by atoms with van der Waals surface area (Å²) in [5.74, 6) is -7.19. The van der Waals surface area contributed by atoms with Crippen LogP contribution in [0.4, 0.5) is 14.9 Å². The SMILES string of the molecule is CCC1(CC)C(=O)N(C(CCCCN(Cc2ccc([N+](=O)[O-])cc2)C(=O)CCCCn2cc(CCCF)nn2)C(=O)O)C(=O)N(C(CCC(=O)O)C(=O)O)C1=O. The van der Waals surface area contributed by atoms with Gasteiger partial charge in [-0.1, -0.05) is 31.2 Å². The normalized spacial score (nSPS) is 15.1.